The van der Waals surface area contributed by atoms with E-state index >= 15 is 0 Å². The van der Waals surface area contributed by atoms with Crippen LogP contribution < -0.4 is 0 Å². The van der Waals surface area contributed by atoms with Crippen molar-refractivity contribution in [3.63, 3.8) is 0 Å². The van der Waals surface area contributed by atoms with Gasteiger partial charge in [-0.2, -0.15) is 0 Å². The van der Waals surface area contributed by atoms with Gasteiger partial charge in [0.15, 0.2) is 0 Å². The van der Waals surface area contributed by atoms with Crippen LogP contribution in [0.15, 0.2) is 28.7 Å². The molecule has 0 unspecified atom stereocenters. The molecular formula is C15H22BrNO2. The van der Waals surface area contributed by atoms with Gasteiger partial charge >= 0.3 is 0 Å². The summed E-state index contributed by atoms with van der Waals surface area (Å²) in [5.74, 6) is 0.622. The van der Waals surface area contributed by atoms with Gasteiger partial charge in [-0.3, -0.25) is 0 Å². The van der Waals surface area contributed by atoms with Gasteiger partial charge in [-0.25, -0.2) is 0 Å². The second-order valence-electron chi connectivity index (χ2n) is 5.15. The number of benzene rings is 1. The lowest BCUT2D eigenvalue weighted by molar-refractivity contribution is 0.102. The predicted molar refractivity (Wildman–Crippen MR) is 80.1 cm³/mol. The third kappa shape index (κ3) is 4.56. The fourth-order valence-corrected chi connectivity index (χ4v) is 2.72. The van der Waals surface area contributed by atoms with Crippen molar-refractivity contribution in [2.45, 2.75) is 19.4 Å². The van der Waals surface area contributed by atoms with Crippen molar-refractivity contribution >= 4 is 15.9 Å². The number of nitrogens with zero attached hydrogens (tertiary/aromatic N) is 1. The van der Waals surface area contributed by atoms with Crippen LogP contribution in [0.2, 0.25) is 0 Å². The Morgan fingerprint density at radius 1 is 1.42 bits per heavy atom. The number of likely N-dealkylation sites (N-methyl/N-ethyl adjacent to an activating group) is 1. The molecule has 106 valence electrons. The Labute approximate surface area is 123 Å². The van der Waals surface area contributed by atoms with Crippen LogP contribution in [0.1, 0.15) is 25.0 Å². The average Bonchev–Trinajstić information content (AvgIpc) is 2.91. The van der Waals surface area contributed by atoms with Gasteiger partial charge < -0.3 is 14.7 Å². The molecule has 0 amide bonds. The highest BCUT2D eigenvalue weighted by atomic mass is 79.9. The van der Waals surface area contributed by atoms with Gasteiger partial charge in [0.2, 0.25) is 0 Å². The molecule has 0 aliphatic carbocycles. The number of ether oxygens (including phenoxy) is 1. The number of aliphatic hydroxyl groups is 1. The quantitative estimate of drug-likeness (QED) is 0.872. The van der Waals surface area contributed by atoms with Crippen LogP contribution in [0.3, 0.4) is 0 Å². The number of hydrogen-bond donors (Lipinski definition) is 1. The molecule has 2 rings (SSSR count). The highest BCUT2D eigenvalue weighted by Crippen LogP contribution is 2.19. The van der Waals surface area contributed by atoms with E-state index in [-0.39, 0.29) is 0 Å². The zero-order valence-corrected chi connectivity index (χ0v) is 13.0. The maximum absolute atomic E-state index is 10.3. The second kappa shape index (κ2) is 7.39. The van der Waals surface area contributed by atoms with Crippen molar-refractivity contribution < 1.29 is 9.84 Å². The molecule has 1 saturated heterocycles. The van der Waals surface area contributed by atoms with E-state index in [4.69, 9.17) is 4.74 Å². The second-order valence-corrected chi connectivity index (χ2v) is 6.06. The fraction of sp³-hybridized carbons (Fsp3) is 0.600. The van der Waals surface area contributed by atoms with Crippen LogP contribution in [-0.2, 0) is 4.74 Å². The molecule has 1 N–H and O–H groups in total. The van der Waals surface area contributed by atoms with E-state index in [0.29, 0.717) is 12.5 Å². The lowest BCUT2D eigenvalue weighted by Crippen LogP contribution is -2.33. The van der Waals surface area contributed by atoms with Crippen LogP contribution in [0.25, 0.3) is 0 Å². The maximum atomic E-state index is 10.3. The first-order chi connectivity index (χ1) is 9.19. The molecule has 19 heavy (non-hydrogen) atoms. The van der Waals surface area contributed by atoms with Gasteiger partial charge in [0, 0.05) is 24.2 Å². The van der Waals surface area contributed by atoms with E-state index in [0.717, 1.165) is 42.8 Å². The molecule has 3 nitrogen and oxygen atoms in total. The predicted octanol–water partition coefficient (Wildman–Crippen LogP) is 2.84. The van der Waals surface area contributed by atoms with Gasteiger partial charge in [0.25, 0.3) is 0 Å². The Kier molecular flexibility index (Phi) is 5.82. The Bertz CT molecular complexity index is 376. The standard InChI is InChI=1S/C15H22BrNO2/c1-2-17(9-12-7-8-19-11-12)10-15(18)13-3-5-14(16)6-4-13/h3-6,12,15,18H,2,7-11H2,1H3/t12-,15+/m0/s1. The molecule has 1 aromatic carbocycles. The first-order valence-corrected chi connectivity index (χ1v) is 7.72. The largest absolute Gasteiger partial charge is 0.387 e. The minimum Gasteiger partial charge on any atom is -0.387 e. The topological polar surface area (TPSA) is 32.7 Å². The molecular weight excluding hydrogens is 306 g/mol. The molecule has 1 aromatic rings. The molecule has 4 heteroatoms. The maximum Gasteiger partial charge on any atom is 0.0916 e. The summed E-state index contributed by atoms with van der Waals surface area (Å²) in [7, 11) is 0. The first-order valence-electron chi connectivity index (χ1n) is 6.92. The van der Waals surface area contributed by atoms with Gasteiger partial charge in [0.05, 0.1) is 12.7 Å². The smallest absolute Gasteiger partial charge is 0.0916 e. The molecule has 1 aliphatic heterocycles. The van der Waals surface area contributed by atoms with Crippen LogP contribution in [0, 0.1) is 5.92 Å². The Balaban J connectivity index is 1.87. The van der Waals surface area contributed by atoms with Crippen molar-refractivity contribution in [3.8, 4) is 0 Å². The van der Waals surface area contributed by atoms with Crippen molar-refractivity contribution in [1.82, 2.24) is 4.90 Å². The summed E-state index contributed by atoms with van der Waals surface area (Å²) in [5.41, 5.74) is 0.976. The lowest BCUT2D eigenvalue weighted by Gasteiger charge is -2.26. The van der Waals surface area contributed by atoms with Crippen LogP contribution in [0.5, 0.6) is 0 Å². The summed E-state index contributed by atoms with van der Waals surface area (Å²) in [6.07, 6.45) is 0.723. The minimum absolute atomic E-state index is 0.421. The third-order valence-electron chi connectivity index (χ3n) is 3.67. The van der Waals surface area contributed by atoms with Crippen LogP contribution in [-0.4, -0.2) is 42.9 Å². The van der Waals surface area contributed by atoms with E-state index in [1.54, 1.807) is 0 Å². The zero-order chi connectivity index (χ0) is 13.7. The Morgan fingerprint density at radius 3 is 2.74 bits per heavy atom. The van der Waals surface area contributed by atoms with Gasteiger partial charge in [-0.05, 0) is 36.6 Å². The lowest BCUT2D eigenvalue weighted by atomic mass is 10.1. The summed E-state index contributed by atoms with van der Waals surface area (Å²) >= 11 is 3.41. The highest BCUT2D eigenvalue weighted by molar-refractivity contribution is 9.10. The molecule has 1 aliphatic rings. The molecule has 0 radical (unpaired) electrons. The molecule has 0 bridgehead atoms. The Morgan fingerprint density at radius 2 is 2.16 bits per heavy atom. The van der Waals surface area contributed by atoms with E-state index in [1.807, 2.05) is 24.3 Å². The van der Waals surface area contributed by atoms with E-state index < -0.39 is 6.10 Å². The summed E-state index contributed by atoms with van der Waals surface area (Å²) in [5, 5.41) is 10.3. The number of aliphatic hydroxyl groups excluding tert-OH is 1. The van der Waals surface area contributed by atoms with Crippen LogP contribution in [0.4, 0.5) is 0 Å². The van der Waals surface area contributed by atoms with E-state index in [9.17, 15) is 5.11 Å². The SMILES string of the molecule is CCN(C[C@@H]1CCOC1)C[C@@H](O)c1ccc(Br)cc1. The van der Waals surface area contributed by atoms with Gasteiger partial charge in [-0.1, -0.05) is 35.0 Å². The number of halogens is 1. The average molecular weight is 328 g/mol. The van der Waals surface area contributed by atoms with E-state index in [2.05, 4.69) is 27.8 Å². The third-order valence-corrected chi connectivity index (χ3v) is 4.20. The molecule has 2 atom stereocenters. The number of hydrogen-bond acceptors (Lipinski definition) is 3. The fourth-order valence-electron chi connectivity index (χ4n) is 2.46. The van der Waals surface area contributed by atoms with Crippen LogP contribution >= 0.6 is 15.9 Å². The molecule has 0 saturated carbocycles. The summed E-state index contributed by atoms with van der Waals surface area (Å²) in [4.78, 5) is 2.31. The molecule has 0 spiro atoms. The van der Waals surface area contributed by atoms with Crippen molar-refractivity contribution in [3.05, 3.63) is 34.3 Å². The van der Waals surface area contributed by atoms with E-state index in [1.165, 1.54) is 0 Å². The zero-order valence-electron chi connectivity index (χ0n) is 11.4. The molecule has 1 heterocycles. The first kappa shape index (κ1) is 15.0. The van der Waals surface area contributed by atoms with Crippen molar-refractivity contribution in [1.29, 1.82) is 0 Å². The van der Waals surface area contributed by atoms with Gasteiger partial charge in [0.1, 0.15) is 0 Å². The normalized spacial score (nSPS) is 20.9. The monoisotopic (exact) mass is 327 g/mol. The Hall–Kier alpha value is -0.420. The molecule has 0 aromatic heterocycles. The van der Waals surface area contributed by atoms with Crippen molar-refractivity contribution in [2.75, 3.05) is 32.8 Å². The summed E-state index contributed by atoms with van der Waals surface area (Å²) < 4.78 is 6.45. The summed E-state index contributed by atoms with van der Waals surface area (Å²) in [6.45, 7) is 6.56. The van der Waals surface area contributed by atoms with Gasteiger partial charge in [-0.15, -0.1) is 0 Å². The number of rotatable bonds is 6. The van der Waals surface area contributed by atoms with Crippen molar-refractivity contribution in [2.24, 2.45) is 5.92 Å². The highest BCUT2D eigenvalue weighted by Gasteiger charge is 2.20. The summed E-state index contributed by atoms with van der Waals surface area (Å²) in [6, 6.07) is 7.89. The molecule has 1 fully saturated rings. The minimum atomic E-state index is -0.421.